The summed E-state index contributed by atoms with van der Waals surface area (Å²) in [6.07, 6.45) is 7.38. The number of hydrogen-bond acceptors (Lipinski definition) is 3. The van der Waals surface area contributed by atoms with Crippen LogP contribution in [0.25, 0.3) is 0 Å². The molecule has 1 fully saturated rings. The van der Waals surface area contributed by atoms with E-state index in [1.807, 2.05) is 12.1 Å². The molecule has 1 saturated carbocycles. The quantitative estimate of drug-likeness (QED) is 0.860. The highest BCUT2D eigenvalue weighted by atomic mass is 16.1. The Morgan fingerprint density at radius 3 is 2.50 bits per heavy atom. The lowest BCUT2D eigenvalue weighted by Crippen LogP contribution is -2.33. The fourth-order valence-corrected chi connectivity index (χ4v) is 2.59. The summed E-state index contributed by atoms with van der Waals surface area (Å²) in [4.78, 5) is 16.0. The Bertz CT molecular complexity index is 383. The number of nitrogens with one attached hydrogen (secondary N) is 1. The Morgan fingerprint density at radius 2 is 1.94 bits per heavy atom. The molecular weight excluding hydrogens is 226 g/mol. The maximum absolute atomic E-state index is 12.1. The minimum atomic E-state index is 0.129. The largest absolute Gasteiger partial charge is 0.328 e. The third-order valence-corrected chi connectivity index (χ3v) is 3.83. The molecule has 4 heteroatoms. The zero-order valence-corrected chi connectivity index (χ0v) is 10.8. The van der Waals surface area contributed by atoms with E-state index in [0.717, 1.165) is 31.4 Å². The smallest absolute Gasteiger partial charge is 0.227 e. The van der Waals surface area contributed by atoms with E-state index in [9.17, 15) is 4.79 Å². The number of carbonyl (C=O) groups excluding carboxylic acids is 1. The molecule has 1 aliphatic rings. The van der Waals surface area contributed by atoms with Gasteiger partial charge in [-0.15, -0.1) is 0 Å². The van der Waals surface area contributed by atoms with Crippen LogP contribution in [0.2, 0.25) is 0 Å². The molecule has 18 heavy (non-hydrogen) atoms. The number of carbonyl (C=O) groups is 1. The van der Waals surface area contributed by atoms with Gasteiger partial charge in [-0.25, -0.2) is 0 Å². The molecule has 4 nitrogen and oxygen atoms in total. The van der Waals surface area contributed by atoms with Crippen LogP contribution in [0.5, 0.6) is 0 Å². The SMILES string of the molecule is C[C@H](N)[C@H]1CC[C@H](C(=O)Nc2ccncc2)CC1. The molecular formula is C14H21N3O. The van der Waals surface area contributed by atoms with Crippen molar-refractivity contribution in [2.24, 2.45) is 17.6 Å². The van der Waals surface area contributed by atoms with E-state index in [-0.39, 0.29) is 17.9 Å². The summed E-state index contributed by atoms with van der Waals surface area (Å²) in [6.45, 7) is 2.06. The summed E-state index contributed by atoms with van der Waals surface area (Å²) in [5.41, 5.74) is 6.73. The molecule has 1 heterocycles. The van der Waals surface area contributed by atoms with E-state index in [4.69, 9.17) is 5.73 Å². The minimum absolute atomic E-state index is 0.129. The Kier molecular flexibility index (Phi) is 4.31. The first kappa shape index (κ1) is 13.0. The number of rotatable bonds is 3. The van der Waals surface area contributed by atoms with Crippen LogP contribution >= 0.6 is 0 Å². The van der Waals surface area contributed by atoms with Gasteiger partial charge in [0.15, 0.2) is 0 Å². The monoisotopic (exact) mass is 247 g/mol. The molecule has 0 saturated heterocycles. The minimum Gasteiger partial charge on any atom is -0.328 e. The molecule has 98 valence electrons. The van der Waals surface area contributed by atoms with Crippen molar-refractivity contribution in [1.29, 1.82) is 0 Å². The molecule has 0 spiro atoms. The molecule has 0 radical (unpaired) electrons. The maximum Gasteiger partial charge on any atom is 0.227 e. The normalized spacial score (nSPS) is 25.4. The van der Waals surface area contributed by atoms with Crippen LogP contribution in [0.15, 0.2) is 24.5 Å². The second-order valence-electron chi connectivity index (χ2n) is 5.20. The van der Waals surface area contributed by atoms with Gasteiger partial charge in [-0.1, -0.05) is 0 Å². The molecule has 1 aromatic rings. The molecule has 2 rings (SSSR count). The first-order valence-corrected chi connectivity index (χ1v) is 6.63. The summed E-state index contributed by atoms with van der Waals surface area (Å²) in [6, 6.07) is 3.87. The third-order valence-electron chi connectivity index (χ3n) is 3.83. The summed E-state index contributed by atoms with van der Waals surface area (Å²) >= 11 is 0. The molecule has 0 bridgehead atoms. The van der Waals surface area contributed by atoms with E-state index < -0.39 is 0 Å². The second-order valence-corrected chi connectivity index (χ2v) is 5.20. The van der Waals surface area contributed by atoms with Crippen LogP contribution in [0.3, 0.4) is 0 Å². The van der Waals surface area contributed by atoms with Gasteiger partial charge in [0, 0.05) is 30.0 Å². The zero-order valence-electron chi connectivity index (χ0n) is 10.8. The van der Waals surface area contributed by atoms with Crippen LogP contribution in [0.4, 0.5) is 5.69 Å². The molecule has 0 aromatic carbocycles. The maximum atomic E-state index is 12.1. The topological polar surface area (TPSA) is 68.0 Å². The van der Waals surface area contributed by atoms with Crippen molar-refractivity contribution in [3.8, 4) is 0 Å². The summed E-state index contributed by atoms with van der Waals surface area (Å²) in [5.74, 6) is 0.840. The van der Waals surface area contributed by atoms with Gasteiger partial charge in [0.1, 0.15) is 0 Å². The lowest BCUT2D eigenvalue weighted by Gasteiger charge is -2.29. The van der Waals surface area contributed by atoms with Gasteiger partial charge < -0.3 is 11.1 Å². The van der Waals surface area contributed by atoms with Crippen LogP contribution < -0.4 is 11.1 Å². The van der Waals surface area contributed by atoms with Gasteiger partial charge in [-0.05, 0) is 50.7 Å². The molecule has 3 N–H and O–H groups in total. The highest BCUT2D eigenvalue weighted by Gasteiger charge is 2.27. The standard InChI is InChI=1S/C14H21N3O/c1-10(15)11-2-4-12(5-3-11)14(18)17-13-6-8-16-9-7-13/h6-12H,2-5,15H2,1H3,(H,16,17,18)/t10-,11-,12-/m0/s1. The van der Waals surface area contributed by atoms with E-state index in [2.05, 4.69) is 17.2 Å². The first-order chi connectivity index (χ1) is 8.66. The van der Waals surface area contributed by atoms with Gasteiger partial charge in [-0.3, -0.25) is 9.78 Å². The van der Waals surface area contributed by atoms with Crippen LogP contribution in [0.1, 0.15) is 32.6 Å². The van der Waals surface area contributed by atoms with E-state index in [1.165, 1.54) is 0 Å². The number of nitrogens with zero attached hydrogens (tertiary/aromatic N) is 1. The third kappa shape index (κ3) is 3.29. The molecule has 1 aliphatic carbocycles. The molecule has 0 aliphatic heterocycles. The van der Waals surface area contributed by atoms with Gasteiger partial charge >= 0.3 is 0 Å². The van der Waals surface area contributed by atoms with Crippen molar-refractivity contribution in [1.82, 2.24) is 4.98 Å². The zero-order chi connectivity index (χ0) is 13.0. The summed E-state index contributed by atoms with van der Waals surface area (Å²) < 4.78 is 0. The number of amides is 1. The predicted molar refractivity (Wildman–Crippen MR) is 72.0 cm³/mol. The molecule has 1 aromatic heterocycles. The lowest BCUT2D eigenvalue weighted by molar-refractivity contribution is -0.121. The van der Waals surface area contributed by atoms with Crippen molar-refractivity contribution in [3.63, 3.8) is 0 Å². The van der Waals surface area contributed by atoms with Crippen LogP contribution in [0, 0.1) is 11.8 Å². The van der Waals surface area contributed by atoms with Crippen molar-refractivity contribution in [3.05, 3.63) is 24.5 Å². The van der Waals surface area contributed by atoms with Crippen LogP contribution in [-0.4, -0.2) is 16.9 Å². The van der Waals surface area contributed by atoms with Crippen molar-refractivity contribution in [2.75, 3.05) is 5.32 Å². The highest BCUT2D eigenvalue weighted by molar-refractivity contribution is 5.92. The van der Waals surface area contributed by atoms with Crippen molar-refractivity contribution >= 4 is 11.6 Å². The Balaban J connectivity index is 1.85. The summed E-state index contributed by atoms with van der Waals surface area (Å²) in [7, 11) is 0. The van der Waals surface area contributed by atoms with Gasteiger partial charge in [0.05, 0.1) is 0 Å². The fourth-order valence-electron chi connectivity index (χ4n) is 2.59. The number of anilines is 1. The second kappa shape index (κ2) is 5.96. The Hall–Kier alpha value is -1.42. The highest BCUT2D eigenvalue weighted by Crippen LogP contribution is 2.30. The summed E-state index contributed by atoms with van der Waals surface area (Å²) in [5, 5.41) is 2.95. The Labute approximate surface area is 108 Å². The number of pyridine rings is 1. The number of hydrogen-bond donors (Lipinski definition) is 2. The fraction of sp³-hybridized carbons (Fsp3) is 0.571. The van der Waals surface area contributed by atoms with Crippen LogP contribution in [-0.2, 0) is 4.79 Å². The van der Waals surface area contributed by atoms with Gasteiger partial charge in [0.2, 0.25) is 5.91 Å². The molecule has 1 atom stereocenters. The molecule has 0 unspecified atom stereocenters. The van der Waals surface area contributed by atoms with Crippen molar-refractivity contribution < 1.29 is 4.79 Å². The van der Waals surface area contributed by atoms with E-state index in [0.29, 0.717) is 5.92 Å². The average Bonchev–Trinajstić information content (AvgIpc) is 2.40. The first-order valence-electron chi connectivity index (χ1n) is 6.63. The predicted octanol–water partition coefficient (Wildman–Crippen LogP) is 2.17. The van der Waals surface area contributed by atoms with E-state index >= 15 is 0 Å². The molecule has 1 amide bonds. The Morgan fingerprint density at radius 1 is 1.33 bits per heavy atom. The lowest BCUT2D eigenvalue weighted by atomic mass is 9.79. The number of aromatic nitrogens is 1. The van der Waals surface area contributed by atoms with Gasteiger partial charge in [0.25, 0.3) is 0 Å². The number of nitrogens with two attached hydrogens (primary N) is 1. The van der Waals surface area contributed by atoms with Crippen molar-refractivity contribution in [2.45, 2.75) is 38.6 Å². The van der Waals surface area contributed by atoms with E-state index in [1.54, 1.807) is 12.4 Å². The van der Waals surface area contributed by atoms with Gasteiger partial charge in [-0.2, -0.15) is 0 Å². The average molecular weight is 247 g/mol.